The summed E-state index contributed by atoms with van der Waals surface area (Å²) in [7, 11) is 0. The van der Waals surface area contributed by atoms with E-state index in [2.05, 4.69) is 37.8 Å². The smallest absolute Gasteiger partial charge is 0.185 e. The third-order valence-electron chi connectivity index (χ3n) is 6.94. The fourth-order valence-corrected chi connectivity index (χ4v) is 4.54. The molecule has 0 saturated heterocycles. The standard InChI is InChI=1S/C36H44O2/c1-30(2)33-24-19-31(20-25-33)16-12-9-7-5-3-4-6-8-10-15-29-38-35-26-21-32(22-27-35)23-28-36(37)34-17-13-11-14-18-34/h11,13-14,17-28H,1,3-10,12,15-16,29H2,2H3. The molecule has 3 aromatic carbocycles. The maximum Gasteiger partial charge on any atom is 0.185 e. The Labute approximate surface area is 230 Å². The number of unbranched alkanes of at least 4 members (excludes halogenated alkanes) is 9. The first-order chi connectivity index (χ1) is 18.6. The molecule has 2 nitrogen and oxygen atoms in total. The van der Waals surface area contributed by atoms with E-state index in [4.69, 9.17) is 4.74 Å². The van der Waals surface area contributed by atoms with Gasteiger partial charge in [-0.1, -0.05) is 136 Å². The van der Waals surface area contributed by atoms with Crippen LogP contribution in [0.1, 0.15) is 98.2 Å². The van der Waals surface area contributed by atoms with E-state index in [1.807, 2.05) is 60.7 Å². The Morgan fingerprint density at radius 3 is 1.87 bits per heavy atom. The van der Waals surface area contributed by atoms with E-state index in [9.17, 15) is 4.79 Å². The van der Waals surface area contributed by atoms with Crippen LogP contribution in [0.25, 0.3) is 11.6 Å². The minimum atomic E-state index is 0.0164. The molecule has 3 rings (SSSR count). The van der Waals surface area contributed by atoms with Crippen molar-refractivity contribution in [2.24, 2.45) is 0 Å². The highest BCUT2D eigenvalue weighted by Gasteiger charge is 2.01. The molecule has 200 valence electrons. The first-order valence-corrected chi connectivity index (χ1v) is 14.4. The van der Waals surface area contributed by atoms with Crippen molar-refractivity contribution in [1.82, 2.24) is 0 Å². The van der Waals surface area contributed by atoms with Crippen molar-refractivity contribution in [2.45, 2.75) is 77.6 Å². The summed E-state index contributed by atoms with van der Waals surface area (Å²) in [6.45, 7) is 6.83. The van der Waals surface area contributed by atoms with Crippen LogP contribution in [0.15, 0.2) is 91.5 Å². The van der Waals surface area contributed by atoms with Gasteiger partial charge in [0.2, 0.25) is 0 Å². The van der Waals surface area contributed by atoms with E-state index in [0.717, 1.165) is 29.9 Å². The maximum absolute atomic E-state index is 12.2. The number of aryl methyl sites for hydroxylation is 1. The average Bonchev–Trinajstić information content (AvgIpc) is 2.95. The molecular weight excluding hydrogens is 464 g/mol. The molecule has 38 heavy (non-hydrogen) atoms. The lowest BCUT2D eigenvalue weighted by Crippen LogP contribution is -1.97. The van der Waals surface area contributed by atoms with Gasteiger partial charge in [-0.25, -0.2) is 0 Å². The Morgan fingerprint density at radius 2 is 1.26 bits per heavy atom. The van der Waals surface area contributed by atoms with Gasteiger partial charge < -0.3 is 4.74 Å². The molecular formula is C36H44O2. The third-order valence-corrected chi connectivity index (χ3v) is 6.94. The number of benzene rings is 3. The molecule has 0 fully saturated rings. The lowest BCUT2D eigenvalue weighted by Gasteiger charge is -2.07. The summed E-state index contributed by atoms with van der Waals surface area (Å²) in [6.07, 6.45) is 17.7. The van der Waals surface area contributed by atoms with Gasteiger partial charge in [-0.2, -0.15) is 0 Å². The zero-order valence-corrected chi connectivity index (χ0v) is 23.2. The molecule has 0 heterocycles. The summed E-state index contributed by atoms with van der Waals surface area (Å²) in [5, 5.41) is 0. The summed E-state index contributed by atoms with van der Waals surface area (Å²) in [5.41, 5.74) is 5.53. The van der Waals surface area contributed by atoms with Crippen molar-refractivity contribution in [3.63, 3.8) is 0 Å². The average molecular weight is 509 g/mol. The Hall–Kier alpha value is -3.39. The van der Waals surface area contributed by atoms with Gasteiger partial charge in [0.1, 0.15) is 5.75 Å². The van der Waals surface area contributed by atoms with Crippen LogP contribution < -0.4 is 4.74 Å². The Kier molecular flexibility index (Phi) is 13.2. The van der Waals surface area contributed by atoms with E-state index in [0.29, 0.717) is 5.56 Å². The van der Waals surface area contributed by atoms with E-state index < -0.39 is 0 Å². The molecule has 0 spiro atoms. The highest BCUT2D eigenvalue weighted by Crippen LogP contribution is 2.17. The summed E-state index contributed by atoms with van der Waals surface area (Å²) in [5.74, 6) is 0.906. The van der Waals surface area contributed by atoms with Crippen molar-refractivity contribution >= 4 is 17.4 Å². The van der Waals surface area contributed by atoms with Gasteiger partial charge in [0.25, 0.3) is 0 Å². The van der Waals surface area contributed by atoms with Crippen LogP contribution in [0.3, 0.4) is 0 Å². The Morgan fingerprint density at radius 1 is 0.684 bits per heavy atom. The van der Waals surface area contributed by atoms with Gasteiger partial charge in [0, 0.05) is 5.56 Å². The van der Waals surface area contributed by atoms with Crippen LogP contribution in [0.5, 0.6) is 5.75 Å². The Balaban J connectivity index is 1.14. The monoisotopic (exact) mass is 508 g/mol. The number of ketones is 1. The second-order valence-electron chi connectivity index (χ2n) is 10.2. The van der Waals surface area contributed by atoms with Crippen molar-refractivity contribution in [3.05, 3.63) is 114 Å². The van der Waals surface area contributed by atoms with E-state index >= 15 is 0 Å². The first kappa shape index (κ1) is 29.2. The molecule has 3 aromatic rings. The van der Waals surface area contributed by atoms with Crippen LogP contribution in [-0.4, -0.2) is 12.4 Å². The topological polar surface area (TPSA) is 26.3 Å². The van der Waals surface area contributed by atoms with E-state index in [1.165, 1.54) is 75.3 Å². The van der Waals surface area contributed by atoms with Crippen LogP contribution in [-0.2, 0) is 6.42 Å². The molecule has 0 atom stereocenters. The number of rotatable bonds is 18. The zero-order valence-electron chi connectivity index (χ0n) is 23.2. The normalized spacial score (nSPS) is 11.1. The van der Waals surface area contributed by atoms with Gasteiger partial charge in [0.15, 0.2) is 5.78 Å². The van der Waals surface area contributed by atoms with Crippen LogP contribution in [0.2, 0.25) is 0 Å². The summed E-state index contributed by atoms with van der Waals surface area (Å²) in [4.78, 5) is 12.2. The van der Waals surface area contributed by atoms with E-state index in [-0.39, 0.29) is 5.78 Å². The number of carbonyl (C=O) groups is 1. The molecule has 0 aliphatic carbocycles. The van der Waals surface area contributed by atoms with Crippen LogP contribution >= 0.6 is 0 Å². The lowest BCUT2D eigenvalue weighted by molar-refractivity contribution is 0.104. The highest BCUT2D eigenvalue weighted by atomic mass is 16.5. The number of hydrogen-bond acceptors (Lipinski definition) is 2. The number of carbonyl (C=O) groups excluding carboxylic acids is 1. The molecule has 0 aliphatic heterocycles. The minimum absolute atomic E-state index is 0.0164. The second kappa shape index (κ2) is 17.2. The SMILES string of the molecule is C=C(C)c1ccc(CCCCCCCCCCCCOc2ccc(C=CC(=O)c3ccccc3)cc2)cc1. The number of ether oxygens (including phenoxy) is 1. The fourth-order valence-electron chi connectivity index (χ4n) is 4.54. The van der Waals surface area contributed by atoms with Gasteiger partial charge >= 0.3 is 0 Å². The fraction of sp³-hybridized carbons (Fsp3) is 0.361. The molecule has 0 saturated carbocycles. The van der Waals surface area contributed by atoms with Crippen LogP contribution in [0, 0.1) is 0 Å². The quantitative estimate of drug-likeness (QED) is 0.0970. The molecule has 0 bridgehead atoms. The summed E-state index contributed by atoms with van der Waals surface area (Å²) >= 11 is 0. The largest absolute Gasteiger partial charge is 0.494 e. The molecule has 2 heteroatoms. The predicted molar refractivity (Wildman–Crippen MR) is 163 cm³/mol. The number of allylic oxidation sites excluding steroid dienone is 2. The molecule has 0 N–H and O–H groups in total. The minimum Gasteiger partial charge on any atom is -0.494 e. The predicted octanol–water partition coefficient (Wildman–Crippen LogP) is 10.1. The summed E-state index contributed by atoms with van der Waals surface area (Å²) < 4.78 is 5.89. The van der Waals surface area contributed by atoms with Gasteiger partial charge in [-0.15, -0.1) is 0 Å². The van der Waals surface area contributed by atoms with Gasteiger partial charge in [0.05, 0.1) is 6.61 Å². The van der Waals surface area contributed by atoms with Crippen LogP contribution in [0.4, 0.5) is 0 Å². The first-order valence-electron chi connectivity index (χ1n) is 14.4. The van der Waals surface area contributed by atoms with Crippen molar-refractivity contribution in [3.8, 4) is 5.75 Å². The Bertz CT molecular complexity index is 1110. The van der Waals surface area contributed by atoms with Gasteiger partial charge in [-0.05, 0) is 61.1 Å². The summed E-state index contributed by atoms with van der Waals surface area (Å²) in [6, 6.07) is 26.2. The molecule has 0 unspecified atom stereocenters. The lowest BCUT2D eigenvalue weighted by atomic mass is 10.0. The van der Waals surface area contributed by atoms with Gasteiger partial charge in [-0.3, -0.25) is 4.79 Å². The maximum atomic E-state index is 12.2. The molecule has 0 aromatic heterocycles. The van der Waals surface area contributed by atoms with Crippen molar-refractivity contribution < 1.29 is 9.53 Å². The molecule has 0 amide bonds. The molecule has 0 radical (unpaired) electrons. The third kappa shape index (κ3) is 11.3. The zero-order chi connectivity index (χ0) is 26.8. The molecule has 0 aliphatic rings. The highest BCUT2D eigenvalue weighted by molar-refractivity contribution is 6.06. The van der Waals surface area contributed by atoms with Crippen molar-refractivity contribution in [2.75, 3.05) is 6.61 Å². The van der Waals surface area contributed by atoms with E-state index in [1.54, 1.807) is 6.08 Å². The number of hydrogen-bond donors (Lipinski definition) is 0. The van der Waals surface area contributed by atoms with Crippen molar-refractivity contribution in [1.29, 1.82) is 0 Å². The second-order valence-corrected chi connectivity index (χ2v) is 10.2.